The van der Waals surface area contributed by atoms with Crippen LogP contribution in [0.1, 0.15) is 27.7 Å². The number of rotatable bonds is 8. The summed E-state index contributed by atoms with van der Waals surface area (Å²) in [5.74, 6) is 0.331. The molecule has 1 atom stereocenters. The highest BCUT2D eigenvalue weighted by atomic mass is 28.4. The summed E-state index contributed by atoms with van der Waals surface area (Å²) in [7, 11) is -1.45. The Morgan fingerprint density at radius 1 is 1.27 bits per heavy atom. The van der Waals surface area contributed by atoms with E-state index in [2.05, 4.69) is 37.7 Å². The van der Waals surface area contributed by atoms with E-state index >= 15 is 0 Å². The lowest BCUT2D eigenvalue weighted by atomic mass is 10.2. The van der Waals surface area contributed by atoms with E-state index in [-0.39, 0.29) is 0 Å². The zero-order valence-corrected chi connectivity index (χ0v) is 11.4. The van der Waals surface area contributed by atoms with Gasteiger partial charge in [0.1, 0.15) is 0 Å². The third-order valence-corrected chi connectivity index (χ3v) is 7.71. The second-order valence-corrected chi connectivity index (χ2v) is 8.85. The van der Waals surface area contributed by atoms with Crippen LogP contribution in [0.5, 0.6) is 0 Å². The lowest BCUT2D eigenvalue weighted by Crippen LogP contribution is -2.37. The molecule has 4 nitrogen and oxygen atoms in total. The molecule has 0 aliphatic heterocycles. The Morgan fingerprint density at radius 3 is 2.20 bits per heavy atom. The molecule has 0 bridgehead atoms. The zero-order chi connectivity index (χ0) is 11.7. The van der Waals surface area contributed by atoms with Gasteiger partial charge in [-0.05, 0) is 29.6 Å². The number of hydrogen-bond donors (Lipinski definition) is 0. The SMILES string of the molecule is CC[Si](CC)(CC)OCC(C)CN=[N+]=[N-]. The standard InChI is InChI=1S/C10H23N3OSi/c1-5-15(6-2,7-3)14-9-10(4)8-12-13-11/h10H,5-9H2,1-4H3. The molecule has 0 aromatic rings. The first-order chi connectivity index (χ1) is 7.14. The van der Waals surface area contributed by atoms with Gasteiger partial charge in [0, 0.05) is 18.1 Å². The molecule has 5 heteroatoms. The molecule has 0 spiro atoms. The van der Waals surface area contributed by atoms with E-state index in [1.54, 1.807) is 0 Å². The van der Waals surface area contributed by atoms with E-state index in [1.165, 1.54) is 18.1 Å². The molecule has 0 aliphatic rings. The Kier molecular flexibility index (Phi) is 7.47. The lowest BCUT2D eigenvalue weighted by Gasteiger charge is -2.29. The molecule has 0 rings (SSSR count). The third-order valence-electron chi connectivity index (χ3n) is 3.06. The molecule has 0 aromatic carbocycles. The second kappa shape index (κ2) is 7.74. The van der Waals surface area contributed by atoms with E-state index in [1.807, 2.05) is 0 Å². The van der Waals surface area contributed by atoms with Crippen molar-refractivity contribution >= 4 is 8.32 Å². The summed E-state index contributed by atoms with van der Waals surface area (Å²) < 4.78 is 6.09. The van der Waals surface area contributed by atoms with Crippen LogP contribution >= 0.6 is 0 Å². The maximum atomic E-state index is 8.21. The van der Waals surface area contributed by atoms with Crippen LogP contribution in [0.3, 0.4) is 0 Å². The molecule has 0 aliphatic carbocycles. The maximum absolute atomic E-state index is 8.21. The molecule has 0 N–H and O–H groups in total. The van der Waals surface area contributed by atoms with Gasteiger partial charge in [-0.2, -0.15) is 0 Å². The molecule has 0 aromatic heterocycles. The summed E-state index contributed by atoms with van der Waals surface area (Å²) in [6, 6.07) is 3.52. The van der Waals surface area contributed by atoms with Gasteiger partial charge < -0.3 is 4.43 Å². The van der Waals surface area contributed by atoms with Crippen LogP contribution in [0.2, 0.25) is 18.1 Å². The second-order valence-electron chi connectivity index (χ2n) is 4.07. The molecule has 0 saturated heterocycles. The van der Waals surface area contributed by atoms with Gasteiger partial charge in [0.05, 0.1) is 0 Å². The summed E-state index contributed by atoms with van der Waals surface area (Å²) in [5, 5.41) is 3.57. The van der Waals surface area contributed by atoms with E-state index in [0.717, 1.165) is 6.61 Å². The van der Waals surface area contributed by atoms with Crippen molar-refractivity contribution in [1.82, 2.24) is 0 Å². The Balaban J connectivity index is 4.03. The fraction of sp³-hybridized carbons (Fsp3) is 1.00. The molecule has 1 unspecified atom stereocenters. The number of azide groups is 1. The van der Waals surface area contributed by atoms with Gasteiger partial charge in [0.25, 0.3) is 0 Å². The van der Waals surface area contributed by atoms with E-state index in [0.29, 0.717) is 12.5 Å². The first kappa shape index (κ1) is 14.5. The normalized spacial score (nSPS) is 13.3. The van der Waals surface area contributed by atoms with Gasteiger partial charge in [0.2, 0.25) is 0 Å². The summed E-state index contributed by atoms with van der Waals surface area (Å²) in [6.45, 7) is 10.00. The van der Waals surface area contributed by atoms with Gasteiger partial charge in [0.15, 0.2) is 8.32 Å². The van der Waals surface area contributed by atoms with Gasteiger partial charge >= 0.3 is 0 Å². The summed E-state index contributed by atoms with van der Waals surface area (Å²) in [4.78, 5) is 2.76. The number of hydrogen-bond acceptors (Lipinski definition) is 2. The number of nitrogens with zero attached hydrogens (tertiary/aromatic N) is 3. The predicted molar refractivity (Wildman–Crippen MR) is 66.3 cm³/mol. The largest absolute Gasteiger partial charge is 0.417 e. The Labute approximate surface area is 93.8 Å². The quantitative estimate of drug-likeness (QED) is 0.269. The molecule has 0 saturated carbocycles. The highest BCUT2D eigenvalue weighted by molar-refractivity contribution is 6.73. The average Bonchev–Trinajstić information content (AvgIpc) is 2.29. The molecule has 88 valence electrons. The maximum Gasteiger partial charge on any atom is 0.191 e. The molecular weight excluding hydrogens is 206 g/mol. The fourth-order valence-electron chi connectivity index (χ4n) is 1.60. The van der Waals surface area contributed by atoms with E-state index < -0.39 is 8.32 Å². The van der Waals surface area contributed by atoms with Crippen LogP contribution in [-0.4, -0.2) is 21.5 Å². The zero-order valence-electron chi connectivity index (χ0n) is 10.4. The van der Waals surface area contributed by atoms with Gasteiger partial charge in [-0.25, -0.2) is 0 Å². The highest BCUT2D eigenvalue weighted by Gasteiger charge is 2.28. The minimum atomic E-state index is -1.45. The van der Waals surface area contributed by atoms with Crippen molar-refractivity contribution in [2.45, 2.75) is 45.8 Å². The van der Waals surface area contributed by atoms with Gasteiger partial charge in [-0.15, -0.1) is 0 Å². The van der Waals surface area contributed by atoms with Crippen LogP contribution in [0.15, 0.2) is 5.11 Å². The smallest absolute Gasteiger partial charge is 0.191 e. The van der Waals surface area contributed by atoms with Crippen LogP contribution in [0.25, 0.3) is 10.4 Å². The Morgan fingerprint density at radius 2 is 1.80 bits per heavy atom. The predicted octanol–water partition coefficient (Wildman–Crippen LogP) is 3.95. The summed E-state index contributed by atoms with van der Waals surface area (Å²) in [6.07, 6.45) is 0. The molecule has 0 radical (unpaired) electrons. The van der Waals surface area contributed by atoms with Crippen LogP contribution in [0, 0.1) is 5.92 Å². The molecule has 0 heterocycles. The van der Waals surface area contributed by atoms with Crippen molar-refractivity contribution in [2.75, 3.05) is 13.2 Å². The van der Waals surface area contributed by atoms with Crippen molar-refractivity contribution in [3.05, 3.63) is 10.4 Å². The molecular formula is C10H23N3OSi. The topological polar surface area (TPSA) is 58.0 Å². The summed E-state index contributed by atoms with van der Waals surface area (Å²) >= 11 is 0. The van der Waals surface area contributed by atoms with E-state index in [4.69, 9.17) is 9.96 Å². The van der Waals surface area contributed by atoms with Crippen LogP contribution < -0.4 is 0 Å². The average molecular weight is 229 g/mol. The fourth-order valence-corrected chi connectivity index (χ4v) is 4.35. The van der Waals surface area contributed by atoms with Gasteiger partial charge in [-0.3, -0.25) is 0 Å². The van der Waals surface area contributed by atoms with Crippen molar-refractivity contribution in [2.24, 2.45) is 11.0 Å². The first-order valence-corrected chi connectivity index (χ1v) is 8.31. The van der Waals surface area contributed by atoms with Gasteiger partial charge in [-0.1, -0.05) is 32.8 Å². The third kappa shape index (κ3) is 5.21. The molecule has 0 fully saturated rings. The van der Waals surface area contributed by atoms with Crippen LogP contribution in [0.4, 0.5) is 0 Å². The first-order valence-electron chi connectivity index (χ1n) is 5.78. The minimum Gasteiger partial charge on any atom is -0.417 e. The lowest BCUT2D eigenvalue weighted by molar-refractivity contribution is 0.248. The summed E-state index contributed by atoms with van der Waals surface area (Å²) in [5.41, 5.74) is 8.21. The van der Waals surface area contributed by atoms with Crippen molar-refractivity contribution in [1.29, 1.82) is 0 Å². The van der Waals surface area contributed by atoms with E-state index in [9.17, 15) is 0 Å². The minimum absolute atomic E-state index is 0.331. The Hall–Kier alpha value is -0.513. The molecule has 0 amide bonds. The van der Waals surface area contributed by atoms with Crippen LogP contribution in [-0.2, 0) is 4.43 Å². The monoisotopic (exact) mass is 229 g/mol. The van der Waals surface area contributed by atoms with Crippen molar-refractivity contribution < 1.29 is 4.43 Å². The highest BCUT2D eigenvalue weighted by Crippen LogP contribution is 2.22. The Bertz CT molecular complexity index is 204. The molecule has 15 heavy (non-hydrogen) atoms. The van der Waals surface area contributed by atoms with Crippen molar-refractivity contribution in [3.8, 4) is 0 Å². The van der Waals surface area contributed by atoms with Crippen molar-refractivity contribution in [3.63, 3.8) is 0 Å².